The van der Waals surface area contributed by atoms with Gasteiger partial charge >= 0.3 is 0 Å². The zero-order valence-corrected chi connectivity index (χ0v) is 16.3. The van der Waals surface area contributed by atoms with Crippen molar-refractivity contribution >= 4 is 17.5 Å². The van der Waals surface area contributed by atoms with E-state index in [0.29, 0.717) is 29.2 Å². The van der Waals surface area contributed by atoms with Gasteiger partial charge in [0.1, 0.15) is 5.69 Å². The molecule has 0 saturated carbocycles. The molecular weight excluding hydrogens is 356 g/mol. The molecule has 0 radical (unpaired) electrons. The number of imidazole rings is 1. The van der Waals surface area contributed by atoms with E-state index in [1.165, 1.54) is 0 Å². The number of hydrogen-bond acceptors (Lipinski definition) is 4. The maximum Gasteiger partial charge on any atom is 0.274 e. The Bertz CT molecular complexity index is 955. The number of benzene rings is 1. The van der Waals surface area contributed by atoms with Gasteiger partial charge in [0.2, 0.25) is 0 Å². The highest BCUT2D eigenvalue weighted by Gasteiger charge is 2.16. The van der Waals surface area contributed by atoms with Crippen LogP contribution >= 0.6 is 0 Å². The summed E-state index contributed by atoms with van der Waals surface area (Å²) in [6.07, 6.45) is 6.00. The van der Waals surface area contributed by atoms with Crippen molar-refractivity contribution in [2.24, 2.45) is 7.05 Å². The van der Waals surface area contributed by atoms with E-state index in [2.05, 4.69) is 20.7 Å². The van der Waals surface area contributed by atoms with Crippen LogP contribution in [0.15, 0.2) is 43.0 Å². The quantitative estimate of drug-likeness (QED) is 0.615. The molecule has 2 aromatic heterocycles. The van der Waals surface area contributed by atoms with E-state index in [1.54, 1.807) is 43.2 Å². The highest BCUT2D eigenvalue weighted by molar-refractivity contribution is 6.05. The van der Waals surface area contributed by atoms with Gasteiger partial charge < -0.3 is 15.2 Å². The topological polar surface area (TPSA) is 93.8 Å². The van der Waals surface area contributed by atoms with E-state index in [-0.39, 0.29) is 11.8 Å². The van der Waals surface area contributed by atoms with Gasteiger partial charge in [0, 0.05) is 43.8 Å². The van der Waals surface area contributed by atoms with Crippen molar-refractivity contribution in [3.63, 3.8) is 0 Å². The molecule has 28 heavy (non-hydrogen) atoms. The summed E-state index contributed by atoms with van der Waals surface area (Å²) in [5.41, 5.74) is 3.14. The van der Waals surface area contributed by atoms with Gasteiger partial charge in [-0.3, -0.25) is 14.3 Å². The van der Waals surface area contributed by atoms with E-state index >= 15 is 0 Å². The molecule has 3 rings (SSSR count). The fourth-order valence-corrected chi connectivity index (χ4v) is 2.93. The summed E-state index contributed by atoms with van der Waals surface area (Å²) in [6, 6.07) is 7.14. The highest BCUT2D eigenvalue weighted by Crippen LogP contribution is 2.18. The number of hydrogen-bond donors (Lipinski definition) is 2. The fourth-order valence-electron chi connectivity index (χ4n) is 2.93. The molecule has 0 aliphatic rings. The van der Waals surface area contributed by atoms with Crippen LogP contribution < -0.4 is 10.6 Å². The van der Waals surface area contributed by atoms with Crippen LogP contribution in [0.1, 0.15) is 38.5 Å². The fraction of sp³-hybridized carbons (Fsp3) is 0.300. The number of aromatic nitrogens is 4. The number of carbonyl (C=O) groups is 2. The highest BCUT2D eigenvalue weighted by atomic mass is 16.2. The molecule has 2 heterocycles. The second kappa shape index (κ2) is 8.51. The second-order valence-electron chi connectivity index (χ2n) is 6.65. The van der Waals surface area contributed by atoms with E-state index in [0.717, 1.165) is 18.5 Å². The molecule has 0 aliphatic carbocycles. The lowest BCUT2D eigenvalue weighted by Gasteiger charge is -2.12. The van der Waals surface area contributed by atoms with Crippen LogP contribution in [-0.2, 0) is 13.6 Å². The van der Waals surface area contributed by atoms with Gasteiger partial charge in [-0.25, -0.2) is 4.98 Å². The number of rotatable bonds is 7. The summed E-state index contributed by atoms with van der Waals surface area (Å²) >= 11 is 0. The van der Waals surface area contributed by atoms with Crippen LogP contribution in [0.2, 0.25) is 0 Å². The zero-order chi connectivity index (χ0) is 20.1. The maximum atomic E-state index is 12.6. The molecule has 0 unspecified atom stereocenters. The summed E-state index contributed by atoms with van der Waals surface area (Å²) in [5.74, 6) is -0.426. The van der Waals surface area contributed by atoms with Gasteiger partial charge in [0.25, 0.3) is 11.8 Å². The van der Waals surface area contributed by atoms with E-state index in [4.69, 9.17) is 0 Å². The Kier molecular flexibility index (Phi) is 5.88. The summed E-state index contributed by atoms with van der Waals surface area (Å²) in [5, 5.41) is 9.92. The molecule has 2 N–H and O–H groups in total. The molecule has 0 atom stereocenters. The molecule has 0 saturated heterocycles. The first-order valence-electron chi connectivity index (χ1n) is 9.11. The Morgan fingerprint density at radius 1 is 1.18 bits per heavy atom. The third-order valence-corrected chi connectivity index (χ3v) is 4.49. The molecule has 1 aromatic carbocycles. The van der Waals surface area contributed by atoms with Crippen molar-refractivity contribution in [3.8, 4) is 0 Å². The molecule has 0 bridgehead atoms. The molecule has 0 fully saturated rings. The largest absolute Gasteiger partial charge is 0.352 e. The summed E-state index contributed by atoms with van der Waals surface area (Å²) < 4.78 is 3.50. The minimum atomic E-state index is -0.252. The summed E-state index contributed by atoms with van der Waals surface area (Å²) in [7, 11) is 1.77. The van der Waals surface area contributed by atoms with Gasteiger partial charge in [0.15, 0.2) is 0 Å². The molecule has 2 amide bonds. The Hall–Kier alpha value is -3.42. The predicted molar refractivity (Wildman–Crippen MR) is 106 cm³/mol. The molecule has 3 aromatic rings. The predicted octanol–water partition coefficient (Wildman–Crippen LogP) is 2.31. The van der Waals surface area contributed by atoms with Crippen molar-refractivity contribution in [2.45, 2.75) is 26.8 Å². The van der Waals surface area contributed by atoms with Crippen molar-refractivity contribution in [1.29, 1.82) is 0 Å². The molecule has 0 aliphatic heterocycles. The third kappa shape index (κ3) is 4.46. The Morgan fingerprint density at radius 2 is 2.00 bits per heavy atom. The lowest BCUT2D eigenvalue weighted by Crippen LogP contribution is -2.25. The van der Waals surface area contributed by atoms with E-state index < -0.39 is 0 Å². The standard InChI is InChI=1S/C20H24N6O2/c1-14-6-7-16(19(27)21-8-4-10-26-11-5-9-23-26)12-17(14)24-20(28)18-15(2)22-13-25(18)3/h5-7,9,11-13H,4,8,10H2,1-3H3,(H,21,27)(H,24,28). The first-order chi connectivity index (χ1) is 13.5. The van der Waals surface area contributed by atoms with Crippen LogP contribution in [0, 0.1) is 13.8 Å². The van der Waals surface area contributed by atoms with Gasteiger partial charge in [0.05, 0.1) is 12.0 Å². The number of nitrogens with zero attached hydrogens (tertiary/aromatic N) is 4. The van der Waals surface area contributed by atoms with Crippen molar-refractivity contribution in [2.75, 3.05) is 11.9 Å². The lowest BCUT2D eigenvalue weighted by atomic mass is 10.1. The van der Waals surface area contributed by atoms with Crippen LogP contribution in [0.3, 0.4) is 0 Å². The molecule has 146 valence electrons. The Morgan fingerprint density at radius 3 is 2.68 bits per heavy atom. The van der Waals surface area contributed by atoms with Crippen molar-refractivity contribution in [1.82, 2.24) is 24.6 Å². The first kappa shape index (κ1) is 19.3. The van der Waals surface area contributed by atoms with Crippen molar-refractivity contribution < 1.29 is 9.59 Å². The van der Waals surface area contributed by atoms with E-state index in [9.17, 15) is 9.59 Å². The van der Waals surface area contributed by atoms with Gasteiger partial charge in [-0.2, -0.15) is 5.10 Å². The normalized spacial score (nSPS) is 10.7. The summed E-state index contributed by atoms with van der Waals surface area (Å²) in [4.78, 5) is 29.2. The average Bonchev–Trinajstić information content (AvgIpc) is 3.30. The smallest absolute Gasteiger partial charge is 0.274 e. The Balaban J connectivity index is 1.62. The minimum Gasteiger partial charge on any atom is -0.352 e. The average molecular weight is 380 g/mol. The molecule has 0 spiro atoms. The molecule has 8 nitrogen and oxygen atoms in total. The number of carbonyl (C=O) groups excluding carboxylic acids is 2. The maximum absolute atomic E-state index is 12.6. The van der Waals surface area contributed by atoms with Crippen LogP contribution in [0.4, 0.5) is 5.69 Å². The number of amides is 2. The monoisotopic (exact) mass is 380 g/mol. The third-order valence-electron chi connectivity index (χ3n) is 4.49. The zero-order valence-electron chi connectivity index (χ0n) is 16.3. The van der Waals surface area contributed by atoms with Crippen LogP contribution in [-0.4, -0.2) is 37.7 Å². The van der Waals surface area contributed by atoms with Gasteiger partial charge in [-0.1, -0.05) is 6.07 Å². The van der Waals surface area contributed by atoms with Crippen LogP contribution in [0.5, 0.6) is 0 Å². The Labute approximate surface area is 163 Å². The van der Waals surface area contributed by atoms with Gasteiger partial charge in [-0.15, -0.1) is 0 Å². The molecule has 8 heteroatoms. The van der Waals surface area contributed by atoms with Crippen molar-refractivity contribution in [3.05, 3.63) is 65.5 Å². The number of aryl methyl sites for hydroxylation is 4. The number of anilines is 1. The summed E-state index contributed by atoms with van der Waals surface area (Å²) in [6.45, 7) is 4.96. The van der Waals surface area contributed by atoms with E-state index in [1.807, 2.05) is 29.9 Å². The SMILES string of the molecule is Cc1ccc(C(=O)NCCCn2cccn2)cc1NC(=O)c1c(C)ncn1C. The number of nitrogens with one attached hydrogen (secondary N) is 2. The minimum absolute atomic E-state index is 0.173. The molecular formula is C20H24N6O2. The van der Waals surface area contributed by atoms with Crippen LogP contribution in [0.25, 0.3) is 0 Å². The lowest BCUT2D eigenvalue weighted by molar-refractivity contribution is 0.0951. The van der Waals surface area contributed by atoms with Gasteiger partial charge in [-0.05, 0) is 44.0 Å². The first-order valence-corrected chi connectivity index (χ1v) is 9.11. The second-order valence-corrected chi connectivity index (χ2v) is 6.65.